The third-order valence-corrected chi connectivity index (χ3v) is 4.25. The molecule has 0 fully saturated rings. The second kappa shape index (κ2) is 4.52. The second-order valence-electron chi connectivity index (χ2n) is 3.70. The van der Waals surface area contributed by atoms with Gasteiger partial charge in [-0.3, -0.25) is 4.79 Å². The maximum Gasteiger partial charge on any atom is 0.169 e. The SMILES string of the molecule is CC(=O)c1ccc(-c2cc(C)ccc2Br)s1. The van der Waals surface area contributed by atoms with Crippen LogP contribution >= 0.6 is 27.3 Å². The highest BCUT2D eigenvalue weighted by molar-refractivity contribution is 9.10. The zero-order chi connectivity index (χ0) is 11.7. The van der Waals surface area contributed by atoms with Crippen molar-refractivity contribution in [1.82, 2.24) is 0 Å². The fraction of sp³-hybridized carbons (Fsp3) is 0.154. The van der Waals surface area contributed by atoms with Gasteiger partial charge < -0.3 is 0 Å². The molecule has 0 aliphatic carbocycles. The van der Waals surface area contributed by atoms with Crippen molar-refractivity contribution in [2.75, 3.05) is 0 Å². The number of carbonyl (C=O) groups excluding carboxylic acids is 1. The third-order valence-electron chi connectivity index (χ3n) is 2.34. The van der Waals surface area contributed by atoms with Gasteiger partial charge in [-0.2, -0.15) is 0 Å². The predicted octanol–water partition coefficient (Wildman–Crippen LogP) is 4.69. The summed E-state index contributed by atoms with van der Waals surface area (Å²) in [6.07, 6.45) is 0. The summed E-state index contributed by atoms with van der Waals surface area (Å²) in [4.78, 5) is 13.2. The van der Waals surface area contributed by atoms with Crippen LogP contribution < -0.4 is 0 Å². The third kappa shape index (κ3) is 2.25. The van der Waals surface area contributed by atoms with Crippen molar-refractivity contribution >= 4 is 33.0 Å². The van der Waals surface area contributed by atoms with E-state index in [2.05, 4.69) is 35.0 Å². The summed E-state index contributed by atoms with van der Waals surface area (Å²) in [5.74, 6) is 0.125. The lowest BCUT2D eigenvalue weighted by Crippen LogP contribution is -1.83. The van der Waals surface area contributed by atoms with Crippen molar-refractivity contribution in [2.24, 2.45) is 0 Å². The van der Waals surface area contributed by atoms with E-state index in [0.29, 0.717) is 0 Å². The summed E-state index contributed by atoms with van der Waals surface area (Å²) in [7, 11) is 0. The van der Waals surface area contributed by atoms with Gasteiger partial charge in [0.2, 0.25) is 0 Å². The molecular formula is C13H11BrOS. The lowest BCUT2D eigenvalue weighted by molar-refractivity contribution is 0.102. The van der Waals surface area contributed by atoms with Gasteiger partial charge in [0.25, 0.3) is 0 Å². The van der Waals surface area contributed by atoms with E-state index in [1.165, 1.54) is 16.9 Å². The van der Waals surface area contributed by atoms with Crippen LogP contribution in [0.2, 0.25) is 0 Å². The van der Waals surface area contributed by atoms with Gasteiger partial charge >= 0.3 is 0 Å². The molecule has 0 unspecified atom stereocenters. The van der Waals surface area contributed by atoms with Crippen LogP contribution in [-0.4, -0.2) is 5.78 Å². The van der Waals surface area contributed by atoms with Gasteiger partial charge in [0.05, 0.1) is 4.88 Å². The highest BCUT2D eigenvalue weighted by Gasteiger charge is 2.08. The first-order valence-corrected chi connectivity index (χ1v) is 6.56. The molecule has 1 aromatic carbocycles. The van der Waals surface area contributed by atoms with E-state index < -0.39 is 0 Å². The molecule has 0 aliphatic heterocycles. The molecule has 3 heteroatoms. The molecule has 1 nitrogen and oxygen atoms in total. The van der Waals surface area contributed by atoms with Gasteiger partial charge in [-0.25, -0.2) is 0 Å². The van der Waals surface area contributed by atoms with Gasteiger partial charge in [-0.05, 0) is 38.1 Å². The number of hydrogen-bond donors (Lipinski definition) is 0. The van der Waals surface area contributed by atoms with E-state index in [9.17, 15) is 4.79 Å². The number of halogens is 1. The standard InChI is InChI=1S/C13H11BrOS/c1-8-3-4-11(14)10(7-8)13-6-5-12(16-13)9(2)15/h3-7H,1-2H3. The van der Waals surface area contributed by atoms with E-state index in [0.717, 1.165) is 19.8 Å². The number of aryl methyl sites for hydroxylation is 1. The highest BCUT2D eigenvalue weighted by Crippen LogP contribution is 2.34. The average Bonchev–Trinajstić information content (AvgIpc) is 2.70. The Bertz CT molecular complexity index is 543. The maximum absolute atomic E-state index is 11.2. The first-order valence-electron chi connectivity index (χ1n) is 4.95. The van der Waals surface area contributed by atoms with Crippen LogP contribution in [0, 0.1) is 6.92 Å². The smallest absolute Gasteiger partial charge is 0.169 e. The highest BCUT2D eigenvalue weighted by atomic mass is 79.9. The Hall–Kier alpha value is -0.930. The van der Waals surface area contributed by atoms with E-state index in [-0.39, 0.29) is 5.78 Å². The Balaban J connectivity index is 2.50. The molecule has 0 atom stereocenters. The van der Waals surface area contributed by atoms with Crippen LogP contribution in [0.1, 0.15) is 22.2 Å². The average molecular weight is 295 g/mol. The van der Waals surface area contributed by atoms with Gasteiger partial charge in [-0.15, -0.1) is 11.3 Å². The van der Waals surface area contributed by atoms with E-state index in [4.69, 9.17) is 0 Å². The molecule has 2 aromatic rings. The summed E-state index contributed by atoms with van der Waals surface area (Å²) >= 11 is 5.07. The number of thiophene rings is 1. The minimum Gasteiger partial charge on any atom is -0.294 e. The lowest BCUT2D eigenvalue weighted by Gasteiger charge is -2.02. The molecule has 0 saturated heterocycles. The maximum atomic E-state index is 11.2. The summed E-state index contributed by atoms with van der Waals surface area (Å²) in [5, 5.41) is 0. The molecule has 0 saturated carbocycles. The summed E-state index contributed by atoms with van der Waals surface area (Å²) < 4.78 is 1.06. The first-order chi connectivity index (χ1) is 7.58. The van der Waals surface area contributed by atoms with Crippen LogP contribution in [0.15, 0.2) is 34.8 Å². The summed E-state index contributed by atoms with van der Waals surface area (Å²) in [5.41, 5.74) is 2.37. The molecular weight excluding hydrogens is 284 g/mol. The van der Waals surface area contributed by atoms with Gasteiger partial charge in [0, 0.05) is 14.9 Å². The number of rotatable bonds is 2. The molecule has 2 rings (SSSR count). The van der Waals surface area contributed by atoms with Crippen molar-refractivity contribution in [2.45, 2.75) is 13.8 Å². The topological polar surface area (TPSA) is 17.1 Å². The summed E-state index contributed by atoms with van der Waals surface area (Å²) in [6, 6.07) is 10.1. The fourth-order valence-electron chi connectivity index (χ4n) is 1.50. The fourth-order valence-corrected chi connectivity index (χ4v) is 3.02. The Labute approximate surface area is 107 Å². The molecule has 0 amide bonds. The van der Waals surface area contributed by atoms with E-state index in [1.807, 2.05) is 18.2 Å². The molecule has 0 radical (unpaired) electrons. The molecule has 0 bridgehead atoms. The van der Waals surface area contributed by atoms with Crippen LogP contribution in [0.25, 0.3) is 10.4 Å². The molecule has 16 heavy (non-hydrogen) atoms. The molecule has 0 aliphatic rings. The van der Waals surface area contributed by atoms with E-state index >= 15 is 0 Å². The summed E-state index contributed by atoms with van der Waals surface area (Å²) in [6.45, 7) is 3.66. The van der Waals surface area contributed by atoms with Gasteiger partial charge in [-0.1, -0.05) is 27.6 Å². The van der Waals surface area contributed by atoms with Crippen molar-refractivity contribution in [3.8, 4) is 10.4 Å². The van der Waals surface area contributed by atoms with Crippen LogP contribution in [0.3, 0.4) is 0 Å². The number of ketones is 1. The van der Waals surface area contributed by atoms with Crippen molar-refractivity contribution in [3.05, 3.63) is 45.2 Å². The van der Waals surface area contributed by atoms with Crippen LogP contribution in [-0.2, 0) is 0 Å². The normalized spacial score (nSPS) is 10.4. The quantitative estimate of drug-likeness (QED) is 0.735. The Morgan fingerprint density at radius 1 is 1.25 bits per heavy atom. The molecule has 0 N–H and O–H groups in total. The Morgan fingerprint density at radius 2 is 2.00 bits per heavy atom. The van der Waals surface area contributed by atoms with Gasteiger partial charge in [0.1, 0.15) is 0 Å². The monoisotopic (exact) mass is 294 g/mol. The molecule has 1 aromatic heterocycles. The zero-order valence-corrected chi connectivity index (χ0v) is 11.5. The molecule has 82 valence electrons. The number of hydrogen-bond acceptors (Lipinski definition) is 2. The van der Waals surface area contributed by atoms with Crippen molar-refractivity contribution < 1.29 is 4.79 Å². The zero-order valence-electron chi connectivity index (χ0n) is 9.08. The number of benzene rings is 1. The number of carbonyl (C=O) groups is 1. The first kappa shape index (κ1) is 11.6. The lowest BCUT2D eigenvalue weighted by atomic mass is 10.1. The predicted molar refractivity (Wildman–Crippen MR) is 72.2 cm³/mol. The Kier molecular flexibility index (Phi) is 3.26. The molecule has 1 heterocycles. The Morgan fingerprint density at radius 3 is 2.62 bits per heavy atom. The van der Waals surface area contributed by atoms with Crippen LogP contribution in [0.4, 0.5) is 0 Å². The second-order valence-corrected chi connectivity index (χ2v) is 5.64. The van der Waals surface area contributed by atoms with E-state index in [1.54, 1.807) is 6.92 Å². The van der Waals surface area contributed by atoms with Crippen LogP contribution in [0.5, 0.6) is 0 Å². The molecule has 0 spiro atoms. The van der Waals surface area contributed by atoms with Crippen molar-refractivity contribution in [1.29, 1.82) is 0 Å². The number of Topliss-reactive ketones (excluding diaryl/α,β-unsaturated/α-hetero) is 1. The van der Waals surface area contributed by atoms with Gasteiger partial charge in [0.15, 0.2) is 5.78 Å². The largest absolute Gasteiger partial charge is 0.294 e. The van der Waals surface area contributed by atoms with Crippen molar-refractivity contribution in [3.63, 3.8) is 0 Å². The minimum absolute atomic E-state index is 0.125. The minimum atomic E-state index is 0.125.